The Morgan fingerprint density at radius 2 is 1.81 bits per heavy atom. The Balaban J connectivity index is 1.88. The van der Waals surface area contributed by atoms with Crippen molar-refractivity contribution in [3.8, 4) is 11.8 Å². The number of rotatable bonds is 4. The zero-order valence-electron chi connectivity index (χ0n) is 14.4. The highest BCUT2D eigenvalue weighted by Crippen LogP contribution is 2.38. The number of nitriles is 1. The number of ether oxygens (including phenoxy) is 1. The normalized spacial score (nSPS) is 17.4. The molecule has 1 aliphatic heterocycles. The number of hydrogen-bond donors (Lipinski definition) is 0. The summed E-state index contributed by atoms with van der Waals surface area (Å²) in [6.07, 6.45) is 0.880. The Morgan fingerprint density at radius 1 is 1.15 bits per heavy atom. The number of methoxy groups -OCH3 is 1. The van der Waals surface area contributed by atoms with E-state index in [0.717, 1.165) is 5.56 Å². The average Bonchev–Trinajstić information content (AvgIpc) is 2.68. The van der Waals surface area contributed by atoms with Gasteiger partial charge in [0.15, 0.2) is 0 Å². The second kappa shape index (κ2) is 7.28. The van der Waals surface area contributed by atoms with Gasteiger partial charge in [0.1, 0.15) is 10.6 Å². The minimum Gasteiger partial charge on any atom is -0.495 e. The van der Waals surface area contributed by atoms with Crippen molar-refractivity contribution in [2.75, 3.05) is 20.2 Å². The SMILES string of the molecule is COc1ccc(Cl)cc1S(=O)(=O)N1CCC(C#N)(c2ccccc2)CC1. The van der Waals surface area contributed by atoms with Crippen molar-refractivity contribution in [3.05, 3.63) is 59.1 Å². The van der Waals surface area contributed by atoms with Crippen LogP contribution in [0.2, 0.25) is 5.02 Å². The first-order chi connectivity index (χ1) is 12.4. The predicted octanol–water partition coefficient (Wildman–Crippen LogP) is 3.59. The first-order valence-electron chi connectivity index (χ1n) is 8.23. The molecule has 2 aromatic rings. The summed E-state index contributed by atoms with van der Waals surface area (Å²) in [6.45, 7) is 0.529. The fourth-order valence-corrected chi connectivity index (χ4v) is 5.18. The van der Waals surface area contributed by atoms with Crippen LogP contribution in [0.1, 0.15) is 18.4 Å². The van der Waals surface area contributed by atoms with Crippen LogP contribution in [0.4, 0.5) is 0 Å². The highest BCUT2D eigenvalue weighted by atomic mass is 35.5. The number of nitrogens with zero attached hydrogens (tertiary/aromatic N) is 2. The van der Waals surface area contributed by atoms with Gasteiger partial charge < -0.3 is 4.74 Å². The monoisotopic (exact) mass is 390 g/mol. The molecule has 26 heavy (non-hydrogen) atoms. The standard InChI is InChI=1S/C19H19ClN2O3S/c1-25-17-8-7-16(20)13-18(17)26(23,24)22-11-9-19(14-21,10-12-22)15-5-3-2-4-6-15/h2-8,13H,9-12H2,1H3. The molecule has 0 amide bonds. The van der Waals surface area contributed by atoms with Crippen LogP contribution in [-0.4, -0.2) is 32.9 Å². The van der Waals surface area contributed by atoms with Crippen molar-refractivity contribution in [3.63, 3.8) is 0 Å². The second-order valence-electron chi connectivity index (χ2n) is 6.26. The van der Waals surface area contributed by atoms with Crippen molar-refractivity contribution in [1.29, 1.82) is 5.26 Å². The summed E-state index contributed by atoms with van der Waals surface area (Å²) < 4.78 is 32.7. The molecule has 1 heterocycles. The smallest absolute Gasteiger partial charge is 0.246 e. The number of hydrogen-bond acceptors (Lipinski definition) is 4. The Morgan fingerprint density at radius 3 is 2.38 bits per heavy atom. The van der Waals surface area contributed by atoms with Gasteiger partial charge in [-0.25, -0.2) is 8.42 Å². The Hall–Kier alpha value is -2.07. The number of halogens is 1. The number of sulfonamides is 1. The molecule has 2 aromatic carbocycles. The van der Waals surface area contributed by atoms with E-state index in [1.165, 1.54) is 17.5 Å². The van der Waals surface area contributed by atoms with Gasteiger partial charge in [0, 0.05) is 18.1 Å². The predicted molar refractivity (Wildman–Crippen MR) is 99.7 cm³/mol. The molecule has 0 spiro atoms. The van der Waals surface area contributed by atoms with E-state index < -0.39 is 15.4 Å². The number of benzene rings is 2. The summed E-state index contributed by atoms with van der Waals surface area (Å²) in [6, 6.07) is 16.5. The lowest BCUT2D eigenvalue weighted by Gasteiger charge is -2.37. The highest BCUT2D eigenvalue weighted by molar-refractivity contribution is 7.89. The van der Waals surface area contributed by atoms with E-state index in [0.29, 0.717) is 17.9 Å². The molecule has 0 bridgehead atoms. The van der Waals surface area contributed by atoms with Crippen molar-refractivity contribution >= 4 is 21.6 Å². The molecule has 5 nitrogen and oxygen atoms in total. The van der Waals surface area contributed by atoms with E-state index in [2.05, 4.69) is 6.07 Å². The van der Waals surface area contributed by atoms with Crippen LogP contribution in [0.5, 0.6) is 5.75 Å². The third-order valence-corrected chi connectivity index (χ3v) is 7.01. The van der Waals surface area contributed by atoms with Gasteiger partial charge in [-0.05, 0) is 36.6 Å². The van der Waals surface area contributed by atoms with Crippen LogP contribution in [0.15, 0.2) is 53.4 Å². The molecule has 0 aromatic heterocycles. The maximum absolute atomic E-state index is 13.1. The molecule has 0 N–H and O–H groups in total. The van der Waals surface area contributed by atoms with E-state index in [-0.39, 0.29) is 23.7 Å². The van der Waals surface area contributed by atoms with E-state index in [4.69, 9.17) is 16.3 Å². The summed E-state index contributed by atoms with van der Waals surface area (Å²) in [4.78, 5) is 0.0525. The molecule has 0 atom stereocenters. The first-order valence-corrected chi connectivity index (χ1v) is 10.1. The summed E-state index contributed by atoms with van der Waals surface area (Å²) in [7, 11) is -2.33. The molecule has 0 unspecified atom stereocenters. The first kappa shape index (κ1) is 18.7. The molecule has 3 rings (SSSR count). The Kier molecular flexibility index (Phi) is 5.24. The summed E-state index contributed by atoms with van der Waals surface area (Å²) in [5.74, 6) is 0.259. The maximum atomic E-state index is 13.1. The minimum absolute atomic E-state index is 0.0525. The zero-order chi connectivity index (χ0) is 18.8. The lowest BCUT2D eigenvalue weighted by Crippen LogP contribution is -2.44. The van der Waals surface area contributed by atoms with Crippen LogP contribution in [0.25, 0.3) is 0 Å². The van der Waals surface area contributed by atoms with Gasteiger partial charge in [0.2, 0.25) is 10.0 Å². The van der Waals surface area contributed by atoms with Gasteiger partial charge >= 0.3 is 0 Å². The molecule has 1 saturated heterocycles. The van der Waals surface area contributed by atoms with Gasteiger partial charge in [-0.15, -0.1) is 0 Å². The van der Waals surface area contributed by atoms with E-state index in [1.807, 2.05) is 30.3 Å². The van der Waals surface area contributed by atoms with Gasteiger partial charge in [0.05, 0.1) is 18.6 Å². The average molecular weight is 391 g/mol. The lowest BCUT2D eigenvalue weighted by molar-refractivity contribution is 0.276. The van der Waals surface area contributed by atoms with Crippen molar-refractivity contribution in [2.45, 2.75) is 23.2 Å². The maximum Gasteiger partial charge on any atom is 0.246 e. The molecule has 136 valence electrons. The van der Waals surface area contributed by atoms with Crippen LogP contribution in [0.3, 0.4) is 0 Å². The number of piperidine rings is 1. The highest BCUT2D eigenvalue weighted by Gasteiger charge is 2.40. The van der Waals surface area contributed by atoms with E-state index in [1.54, 1.807) is 12.1 Å². The van der Waals surface area contributed by atoms with E-state index >= 15 is 0 Å². The summed E-state index contributed by atoms with van der Waals surface area (Å²) in [5.41, 5.74) is 0.269. The molecular formula is C19H19ClN2O3S. The van der Waals surface area contributed by atoms with Gasteiger partial charge in [-0.3, -0.25) is 0 Å². The van der Waals surface area contributed by atoms with Crippen molar-refractivity contribution < 1.29 is 13.2 Å². The molecule has 1 fully saturated rings. The fourth-order valence-electron chi connectivity index (χ4n) is 3.32. The molecule has 1 aliphatic rings. The lowest BCUT2D eigenvalue weighted by atomic mass is 9.74. The Labute approximate surface area is 158 Å². The van der Waals surface area contributed by atoms with Gasteiger partial charge in [-0.2, -0.15) is 9.57 Å². The van der Waals surface area contributed by atoms with Crippen molar-refractivity contribution in [1.82, 2.24) is 4.31 Å². The second-order valence-corrected chi connectivity index (χ2v) is 8.60. The van der Waals surface area contributed by atoms with Gasteiger partial charge in [-0.1, -0.05) is 41.9 Å². The van der Waals surface area contributed by atoms with Crippen LogP contribution >= 0.6 is 11.6 Å². The van der Waals surface area contributed by atoms with Crippen LogP contribution in [-0.2, 0) is 15.4 Å². The zero-order valence-corrected chi connectivity index (χ0v) is 15.9. The molecular weight excluding hydrogens is 372 g/mol. The van der Waals surface area contributed by atoms with Crippen LogP contribution < -0.4 is 4.74 Å². The third-order valence-electron chi connectivity index (χ3n) is 4.86. The summed E-state index contributed by atoms with van der Waals surface area (Å²) in [5, 5.41) is 10.1. The largest absolute Gasteiger partial charge is 0.495 e. The molecule has 0 aliphatic carbocycles. The van der Waals surface area contributed by atoms with Gasteiger partial charge in [0.25, 0.3) is 0 Å². The fraction of sp³-hybridized carbons (Fsp3) is 0.316. The minimum atomic E-state index is -3.75. The molecule has 0 saturated carbocycles. The quantitative estimate of drug-likeness (QED) is 0.799. The topological polar surface area (TPSA) is 70.4 Å². The molecule has 0 radical (unpaired) electrons. The summed E-state index contributed by atoms with van der Waals surface area (Å²) >= 11 is 5.98. The molecule has 7 heteroatoms. The Bertz CT molecular complexity index is 931. The third kappa shape index (κ3) is 3.30. The van der Waals surface area contributed by atoms with E-state index in [9.17, 15) is 13.7 Å². The van der Waals surface area contributed by atoms with Crippen molar-refractivity contribution in [2.24, 2.45) is 0 Å². The van der Waals surface area contributed by atoms with Crippen LogP contribution in [0, 0.1) is 11.3 Å².